The summed E-state index contributed by atoms with van der Waals surface area (Å²) in [7, 11) is 1.71. The Bertz CT molecular complexity index is 995. The van der Waals surface area contributed by atoms with Crippen LogP contribution in [0.15, 0.2) is 30.5 Å². The Hall–Kier alpha value is -2.36. The van der Waals surface area contributed by atoms with E-state index in [0.717, 1.165) is 25.7 Å². The van der Waals surface area contributed by atoms with E-state index in [2.05, 4.69) is 27.9 Å². The van der Waals surface area contributed by atoms with E-state index in [9.17, 15) is 13.2 Å². The largest absolute Gasteiger partial charge is 0.383 e. The monoisotopic (exact) mass is 506 g/mol. The lowest BCUT2D eigenvalue weighted by Gasteiger charge is -2.32. The van der Waals surface area contributed by atoms with Gasteiger partial charge in [0.05, 0.1) is 18.5 Å². The molecule has 2 aromatic rings. The number of anilines is 2. The van der Waals surface area contributed by atoms with E-state index in [1.54, 1.807) is 13.2 Å². The van der Waals surface area contributed by atoms with Crippen LogP contribution in [-0.2, 0) is 9.47 Å². The number of methoxy groups -OCH3 is 1. The molecule has 1 aliphatic carbocycles. The zero-order valence-electron chi connectivity index (χ0n) is 21.1. The summed E-state index contributed by atoms with van der Waals surface area (Å²) >= 11 is 0. The predicted molar refractivity (Wildman–Crippen MR) is 136 cm³/mol. The van der Waals surface area contributed by atoms with E-state index in [0.29, 0.717) is 48.8 Å². The van der Waals surface area contributed by atoms with Crippen LogP contribution in [0.5, 0.6) is 0 Å². The summed E-state index contributed by atoms with van der Waals surface area (Å²) < 4.78 is 54.6. The number of alkyl halides is 1. The van der Waals surface area contributed by atoms with Gasteiger partial charge in [0.1, 0.15) is 23.1 Å². The van der Waals surface area contributed by atoms with Crippen LogP contribution in [0.1, 0.15) is 45.4 Å². The molecular weight excluding hydrogens is 469 g/mol. The summed E-state index contributed by atoms with van der Waals surface area (Å²) in [6.45, 7) is 3.48. The van der Waals surface area contributed by atoms with Crippen molar-refractivity contribution in [1.82, 2.24) is 10.3 Å². The molecule has 0 amide bonds. The van der Waals surface area contributed by atoms with Gasteiger partial charge in [-0.2, -0.15) is 0 Å². The number of hydrogen-bond acceptors (Lipinski definition) is 6. The van der Waals surface area contributed by atoms with Gasteiger partial charge < -0.3 is 25.4 Å². The first kappa shape index (κ1) is 26.7. The molecule has 198 valence electrons. The third-order valence-corrected chi connectivity index (χ3v) is 7.13. The van der Waals surface area contributed by atoms with Gasteiger partial charge in [-0.25, -0.2) is 18.2 Å². The number of pyridine rings is 1. The van der Waals surface area contributed by atoms with Crippen LogP contribution < -0.4 is 16.0 Å². The van der Waals surface area contributed by atoms with Gasteiger partial charge in [0.25, 0.3) is 0 Å². The summed E-state index contributed by atoms with van der Waals surface area (Å²) in [5.41, 5.74) is -0.479. The van der Waals surface area contributed by atoms with Gasteiger partial charge in [-0.05, 0) is 56.4 Å². The predicted octanol–water partition coefficient (Wildman–Crippen LogP) is 5.31. The molecule has 1 aromatic carbocycles. The molecule has 1 saturated heterocycles. The first-order valence-electron chi connectivity index (χ1n) is 12.8. The van der Waals surface area contributed by atoms with Crippen LogP contribution in [0.2, 0.25) is 0 Å². The number of benzene rings is 1. The van der Waals surface area contributed by atoms with Crippen molar-refractivity contribution in [3.05, 3.63) is 42.1 Å². The number of hydrogen-bond donors (Lipinski definition) is 3. The molecule has 0 bridgehead atoms. The third kappa shape index (κ3) is 7.11. The molecule has 3 N–H and O–H groups in total. The van der Waals surface area contributed by atoms with Gasteiger partial charge in [-0.1, -0.05) is 6.07 Å². The highest BCUT2D eigenvalue weighted by Gasteiger charge is 2.32. The SMILES string of the molecule is COC[C@H](C)NC1CCC(Nc2cc(-c3ccc(F)c(NCC4(F)CCOCC4)c3)c(F)cn2)CC1. The number of aromatic nitrogens is 1. The topological polar surface area (TPSA) is 67.4 Å². The highest BCUT2D eigenvalue weighted by molar-refractivity contribution is 5.71. The normalized spacial score (nSPS) is 22.7. The van der Waals surface area contributed by atoms with Crippen LogP contribution >= 0.6 is 0 Å². The van der Waals surface area contributed by atoms with Crippen molar-refractivity contribution in [3.8, 4) is 11.1 Å². The number of rotatable bonds is 10. The Morgan fingerprint density at radius 2 is 1.81 bits per heavy atom. The molecular formula is C27H37F3N4O2. The minimum absolute atomic E-state index is 0.0237. The summed E-state index contributed by atoms with van der Waals surface area (Å²) in [4.78, 5) is 4.23. The summed E-state index contributed by atoms with van der Waals surface area (Å²) in [5, 5.41) is 9.92. The molecule has 2 fully saturated rings. The van der Waals surface area contributed by atoms with E-state index in [-0.39, 0.29) is 31.1 Å². The standard InChI is InChI=1S/C27H37F3N4O2/c1-18(16-35-2)33-20-4-6-21(7-5-20)34-26-14-22(24(29)15-31-26)19-3-8-23(28)25(13-19)32-17-27(30)9-11-36-12-10-27/h3,8,13-15,18,20-21,32-33H,4-7,9-12,16-17H2,1-2H3,(H,31,34)/t18-,20?,21?/m0/s1. The van der Waals surface area contributed by atoms with Crippen molar-refractivity contribution in [2.75, 3.05) is 44.1 Å². The highest BCUT2D eigenvalue weighted by Crippen LogP contribution is 2.31. The molecule has 1 aromatic heterocycles. The van der Waals surface area contributed by atoms with Crippen molar-refractivity contribution in [2.24, 2.45) is 0 Å². The molecule has 6 nitrogen and oxygen atoms in total. The van der Waals surface area contributed by atoms with E-state index in [1.807, 2.05) is 0 Å². The van der Waals surface area contributed by atoms with Crippen LogP contribution in [0.3, 0.4) is 0 Å². The second kappa shape index (κ2) is 12.3. The minimum Gasteiger partial charge on any atom is -0.383 e. The van der Waals surface area contributed by atoms with E-state index >= 15 is 0 Å². The summed E-state index contributed by atoms with van der Waals surface area (Å²) in [5.74, 6) is -0.420. The fourth-order valence-corrected chi connectivity index (χ4v) is 5.05. The Labute approximate surface area is 211 Å². The van der Waals surface area contributed by atoms with Crippen molar-refractivity contribution >= 4 is 11.5 Å². The summed E-state index contributed by atoms with van der Waals surface area (Å²) in [6, 6.07) is 7.01. The first-order chi connectivity index (χ1) is 17.3. The zero-order chi connectivity index (χ0) is 25.5. The molecule has 2 heterocycles. The Kier molecular flexibility index (Phi) is 9.09. The second-order valence-corrected chi connectivity index (χ2v) is 10.1. The summed E-state index contributed by atoms with van der Waals surface area (Å²) in [6.07, 6.45) is 5.74. The van der Waals surface area contributed by atoms with Gasteiger partial charge in [-0.15, -0.1) is 0 Å². The average Bonchev–Trinajstić information content (AvgIpc) is 2.87. The number of nitrogens with zero attached hydrogens (tertiary/aromatic N) is 1. The molecule has 0 radical (unpaired) electrons. The average molecular weight is 507 g/mol. The van der Waals surface area contributed by atoms with Gasteiger partial charge in [0.15, 0.2) is 0 Å². The fraction of sp³-hybridized carbons (Fsp3) is 0.593. The smallest absolute Gasteiger partial charge is 0.149 e. The Morgan fingerprint density at radius 3 is 2.53 bits per heavy atom. The molecule has 36 heavy (non-hydrogen) atoms. The fourth-order valence-electron chi connectivity index (χ4n) is 5.05. The molecule has 4 rings (SSSR count). The number of halogens is 3. The molecule has 1 saturated carbocycles. The van der Waals surface area contributed by atoms with Crippen LogP contribution in [-0.4, -0.2) is 62.3 Å². The molecule has 1 aliphatic heterocycles. The molecule has 0 unspecified atom stereocenters. The highest BCUT2D eigenvalue weighted by atomic mass is 19.1. The maximum atomic E-state index is 14.9. The van der Waals surface area contributed by atoms with Gasteiger partial charge >= 0.3 is 0 Å². The quantitative estimate of drug-likeness (QED) is 0.406. The van der Waals surface area contributed by atoms with Crippen molar-refractivity contribution in [3.63, 3.8) is 0 Å². The zero-order valence-corrected chi connectivity index (χ0v) is 21.1. The van der Waals surface area contributed by atoms with Crippen LogP contribution in [0.25, 0.3) is 11.1 Å². The third-order valence-electron chi connectivity index (χ3n) is 7.13. The van der Waals surface area contributed by atoms with Crippen LogP contribution in [0, 0.1) is 11.6 Å². The van der Waals surface area contributed by atoms with E-state index < -0.39 is 17.3 Å². The maximum Gasteiger partial charge on any atom is 0.149 e. The number of ether oxygens (including phenoxy) is 2. The lowest BCUT2D eigenvalue weighted by atomic mass is 9.90. The lowest BCUT2D eigenvalue weighted by Crippen LogP contribution is -2.42. The molecule has 2 aliphatic rings. The minimum atomic E-state index is -1.45. The Morgan fingerprint density at radius 1 is 1.08 bits per heavy atom. The number of nitrogens with one attached hydrogen (secondary N) is 3. The van der Waals surface area contributed by atoms with E-state index in [4.69, 9.17) is 9.47 Å². The van der Waals surface area contributed by atoms with Crippen LogP contribution in [0.4, 0.5) is 24.7 Å². The van der Waals surface area contributed by atoms with Gasteiger partial charge in [0.2, 0.25) is 0 Å². The van der Waals surface area contributed by atoms with Crippen molar-refractivity contribution in [2.45, 2.75) is 69.2 Å². The van der Waals surface area contributed by atoms with E-state index in [1.165, 1.54) is 24.4 Å². The van der Waals surface area contributed by atoms with Crippen molar-refractivity contribution < 1.29 is 22.6 Å². The molecule has 0 spiro atoms. The molecule has 1 atom stereocenters. The lowest BCUT2D eigenvalue weighted by molar-refractivity contribution is -0.00117. The van der Waals surface area contributed by atoms with Gasteiger partial charge in [0, 0.05) is 63.4 Å². The Balaban J connectivity index is 1.39. The van der Waals surface area contributed by atoms with Crippen molar-refractivity contribution in [1.29, 1.82) is 0 Å². The second-order valence-electron chi connectivity index (χ2n) is 10.1. The first-order valence-corrected chi connectivity index (χ1v) is 12.8. The maximum absolute atomic E-state index is 14.9. The molecule has 9 heteroatoms. The van der Waals surface area contributed by atoms with Gasteiger partial charge in [-0.3, -0.25) is 0 Å².